The molecule has 0 heterocycles. The van der Waals surface area contributed by atoms with E-state index in [2.05, 4.69) is 90.2 Å². The Morgan fingerprint density at radius 2 is 0.842 bits per heavy atom. The van der Waals surface area contributed by atoms with Gasteiger partial charge in [0.25, 0.3) is 0 Å². The summed E-state index contributed by atoms with van der Waals surface area (Å²) in [7, 11) is 0. The van der Waals surface area contributed by atoms with Gasteiger partial charge < -0.3 is 0 Å². The van der Waals surface area contributed by atoms with Gasteiger partial charge in [-0.2, -0.15) is 0 Å². The average Bonchev–Trinajstić information content (AvgIpc) is 2.86. The van der Waals surface area contributed by atoms with Crippen molar-refractivity contribution in [3.05, 3.63) is 48.6 Å². The fourth-order valence-electron chi connectivity index (χ4n) is 3.27. The van der Waals surface area contributed by atoms with Crippen molar-refractivity contribution in [2.75, 3.05) is 0 Å². The van der Waals surface area contributed by atoms with Gasteiger partial charge in [0.1, 0.15) is 0 Å². The molecule has 0 unspecified atom stereocenters. The van der Waals surface area contributed by atoms with Gasteiger partial charge in [-0.3, -0.25) is 0 Å². The van der Waals surface area contributed by atoms with Gasteiger partial charge in [-0.25, -0.2) is 0 Å². The quantitative estimate of drug-likeness (QED) is 0.571. The molecule has 2 rings (SSSR count). The van der Waals surface area contributed by atoms with E-state index in [1.807, 2.05) is 0 Å². The van der Waals surface area contributed by atoms with E-state index in [1.165, 1.54) is 0 Å². The Morgan fingerprint density at radius 1 is 0.579 bits per heavy atom. The van der Waals surface area contributed by atoms with Crippen molar-refractivity contribution in [2.24, 2.45) is 10.8 Å². The molecule has 0 atom stereocenters. The number of allylic oxidation sites excluding steroid dienone is 8. The molecule has 0 saturated carbocycles. The van der Waals surface area contributed by atoms with Crippen LogP contribution in [0.5, 0.6) is 0 Å². The molecular weight excluding hydrogens is 282 g/mol. The Bertz CT molecular complexity index is 393. The van der Waals surface area contributed by atoms with E-state index in [0.29, 0.717) is 18.8 Å². The minimum absolute atomic E-state index is 0.318. The third kappa shape index (κ3) is 2.47. The summed E-state index contributed by atoms with van der Waals surface area (Å²) in [6, 6.07) is 0. The SMILES string of the molecule is CC(C)(C)[C]1([Zn][C]2(C(C)(C)C)C=CC=C2)C=CC=C1. The van der Waals surface area contributed by atoms with E-state index >= 15 is 0 Å². The number of rotatable bonds is 2. The van der Waals surface area contributed by atoms with Crippen molar-refractivity contribution in [3.63, 3.8) is 0 Å². The first-order chi connectivity index (χ1) is 8.62. The van der Waals surface area contributed by atoms with Gasteiger partial charge in [-0.05, 0) is 0 Å². The second-order valence-electron chi connectivity index (χ2n) is 8.19. The molecule has 0 saturated heterocycles. The predicted octanol–water partition coefficient (Wildman–Crippen LogP) is 5.73. The van der Waals surface area contributed by atoms with Crippen molar-refractivity contribution in [3.8, 4) is 0 Å². The molecule has 2 aliphatic carbocycles. The van der Waals surface area contributed by atoms with Crippen molar-refractivity contribution >= 4 is 0 Å². The molecule has 100 valence electrons. The predicted molar refractivity (Wildman–Crippen MR) is 80.9 cm³/mol. The van der Waals surface area contributed by atoms with Gasteiger partial charge in [0.15, 0.2) is 0 Å². The normalized spacial score (nSPS) is 23.1. The van der Waals surface area contributed by atoms with Gasteiger partial charge >= 0.3 is 126 Å². The van der Waals surface area contributed by atoms with Gasteiger partial charge in [-0.1, -0.05) is 0 Å². The molecule has 19 heavy (non-hydrogen) atoms. The molecule has 0 N–H and O–H groups in total. The zero-order chi connectivity index (χ0) is 14.4. The first-order valence-electron chi connectivity index (χ1n) is 7.36. The molecule has 0 aromatic carbocycles. The van der Waals surface area contributed by atoms with Gasteiger partial charge in [0.05, 0.1) is 0 Å². The Hall–Kier alpha value is -0.417. The maximum absolute atomic E-state index is 2.49. The van der Waals surface area contributed by atoms with Gasteiger partial charge in [0.2, 0.25) is 0 Å². The summed E-state index contributed by atoms with van der Waals surface area (Å²) in [5.41, 5.74) is 0.637. The molecule has 0 radical (unpaired) electrons. The van der Waals surface area contributed by atoms with Crippen molar-refractivity contribution in [2.45, 2.75) is 49.6 Å². The summed E-state index contributed by atoms with van der Waals surface area (Å²) in [6.45, 7) is 14.4. The van der Waals surface area contributed by atoms with Crippen LogP contribution in [0, 0.1) is 10.8 Å². The first-order valence-corrected chi connectivity index (χ1v) is 10.3. The second kappa shape index (κ2) is 4.55. The number of hydrogen-bond donors (Lipinski definition) is 0. The van der Waals surface area contributed by atoms with Crippen LogP contribution >= 0.6 is 0 Å². The Kier molecular flexibility index (Phi) is 3.59. The molecule has 0 amide bonds. The zero-order valence-corrected chi connectivity index (χ0v) is 16.3. The van der Waals surface area contributed by atoms with E-state index < -0.39 is 17.1 Å². The van der Waals surface area contributed by atoms with E-state index in [-0.39, 0.29) is 0 Å². The van der Waals surface area contributed by atoms with Crippen LogP contribution in [0.2, 0.25) is 8.02 Å². The summed E-state index contributed by atoms with van der Waals surface area (Å²) in [5.74, 6) is 0. The molecule has 0 spiro atoms. The molecule has 0 fully saturated rings. The molecule has 2 aliphatic rings. The van der Waals surface area contributed by atoms with Crippen molar-refractivity contribution < 1.29 is 17.1 Å². The standard InChI is InChI=1S/2C9H13.Zn/c2*1-9(2,3)8-6-4-5-7-8;/h2*4-7H,1-3H3;. The van der Waals surface area contributed by atoms with Crippen LogP contribution in [0.4, 0.5) is 0 Å². The van der Waals surface area contributed by atoms with Crippen LogP contribution in [0.1, 0.15) is 41.5 Å². The summed E-state index contributed by atoms with van der Waals surface area (Å²) in [5, 5.41) is 0. The average molecular weight is 308 g/mol. The van der Waals surface area contributed by atoms with Gasteiger partial charge in [0, 0.05) is 0 Å². The molecule has 1 heteroatoms. The minimum atomic E-state index is -0.948. The Labute approximate surface area is 126 Å². The van der Waals surface area contributed by atoms with Crippen LogP contribution in [0.3, 0.4) is 0 Å². The van der Waals surface area contributed by atoms with Crippen molar-refractivity contribution in [1.29, 1.82) is 0 Å². The van der Waals surface area contributed by atoms with Crippen LogP contribution in [-0.2, 0) is 17.1 Å². The molecule has 0 aromatic heterocycles. The zero-order valence-electron chi connectivity index (χ0n) is 13.3. The topological polar surface area (TPSA) is 0 Å². The monoisotopic (exact) mass is 306 g/mol. The van der Waals surface area contributed by atoms with Crippen LogP contribution in [0.25, 0.3) is 0 Å². The summed E-state index contributed by atoms with van der Waals surface area (Å²) in [4.78, 5) is 0. The van der Waals surface area contributed by atoms with Crippen molar-refractivity contribution in [1.82, 2.24) is 0 Å². The fraction of sp³-hybridized carbons (Fsp3) is 0.556. The second-order valence-corrected chi connectivity index (χ2v) is 13.8. The molecule has 0 aliphatic heterocycles. The van der Waals surface area contributed by atoms with Crippen LogP contribution in [0.15, 0.2) is 48.6 Å². The third-order valence-electron chi connectivity index (χ3n) is 5.17. The molecule has 0 bridgehead atoms. The van der Waals surface area contributed by atoms with E-state index in [9.17, 15) is 0 Å². The fourth-order valence-corrected chi connectivity index (χ4v) is 9.66. The molecule has 0 nitrogen and oxygen atoms in total. The summed E-state index contributed by atoms with van der Waals surface area (Å²) in [6.07, 6.45) is 19.0. The molecule has 0 aromatic rings. The number of hydrogen-bond acceptors (Lipinski definition) is 0. The Balaban J connectivity index is 2.43. The summed E-state index contributed by atoms with van der Waals surface area (Å²) < 4.78 is 0.679. The molecular formula is C18H26Zn. The first kappa shape index (κ1) is 15.0. The third-order valence-corrected chi connectivity index (χ3v) is 14.1. The summed E-state index contributed by atoms with van der Waals surface area (Å²) >= 11 is -0.948. The van der Waals surface area contributed by atoms with Crippen LogP contribution < -0.4 is 0 Å². The van der Waals surface area contributed by atoms with Crippen LogP contribution in [-0.4, -0.2) is 0 Å². The Morgan fingerprint density at radius 3 is 1.05 bits per heavy atom. The van der Waals surface area contributed by atoms with E-state index in [1.54, 1.807) is 0 Å². The van der Waals surface area contributed by atoms with E-state index in [0.717, 1.165) is 0 Å². The van der Waals surface area contributed by atoms with E-state index in [4.69, 9.17) is 0 Å². The van der Waals surface area contributed by atoms with Gasteiger partial charge in [-0.15, -0.1) is 0 Å². The maximum atomic E-state index is 2.49.